The van der Waals surface area contributed by atoms with Crippen LogP contribution in [0.4, 0.5) is 5.82 Å². The highest BCUT2D eigenvalue weighted by atomic mass is 16.5. The molecule has 0 atom stereocenters. The summed E-state index contributed by atoms with van der Waals surface area (Å²) in [5, 5.41) is 8.40. The third kappa shape index (κ3) is 4.12. The van der Waals surface area contributed by atoms with Gasteiger partial charge in [0.05, 0.1) is 12.7 Å². The summed E-state index contributed by atoms with van der Waals surface area (Å²) in [5.41, 5.74) is 9.61. The zero-order valence-corrected chi connectivity index (χ0v) is 14.7. The molecule has 0 fully saturated rings. The molecule has 0 bridgehead atoms. The van der Waals surface area contributed by atoms with Crippen molar-refractivity contribution in [3.05, 3.63) is 90.3 Å². The van der Waals surface area contributed by atoms with Crippen LogP contribution in [0.1, 0.15) is 11.1 Å². The van der Waals surface area contributed by atoms with Crippen molar-refractivity contribution in [2.75, 3.05) is 5.73 Å². The molecule has 0 amide bonds. The van der Waals surface area contributed by atoms with Gasteiger partial charge >= 0.3 is 0 Å². The van der Waals surface area contributed by atoms with Gasteiger partial charge in [0.2, 0.25) is 0 Å². The van der Waals surface area contributed by atoms with E-state index in [2.05, 4.69) is 15.3 Å². The lowest BCUT2D eigenvalue weighted by Crippen LogP contribution is -2.01. The van der Waals surface area contributed by atoms with Crippen LogP contribution in [-0.2, 0) is 13.2 Å². The SMILES string of the molecule is Nc1ncccc1-c1cn(Cc2cccc(OCc3ccccc3)c2)nn1. The maximum atomic E-state index is 5.91. The van der Waals surface area contributed by atoms with Crippen molar-refractivity contribution in [1.82, 2.24) is 20.0 Å². The number of nitrogens with zero attached hydrogens (tertiary/aromatic N) is 4. The molecule has 2 aromatic carbocycles. The molecule has 0 aliphatic heterocycles. The maximum Gasteiger partial charge on any atom is 0.132 e. The normalized spacial score (nSPS) is 10.7. The molecule has 4 aromatic rings. The summed E-state index contributed by atoms with van der Waals surface area (Å²) in [6.07, 6.45) is 3.52. The Kier molecular flexibility index (Phi) is 4.78. The van der Waals surface area contributed by atoms with E-state index in [-0.39, 0.29) is 0 Å². The predicted molar refractivity (Wildman–Crippen MR) is 104 cm³/mol. The Hall–Kier alpha value is -3.67. The number of nitrogen functional groups attached to an aromatic ring is 1. The molecule has 0 unspecified atom stereocenters. The zero-order chi connectivity index (χ0) is 18.5. The van der Waals surface area contributed by atoms with E-state index in [1.807, 2.05) is 72.9 Å². The predicted octanol–water partition coefficient (Wildman–Crippen LogP) is 3.55. The lowest BCUT2D eigenvalue weighted by molar-refractivity contribution is 0.306. The summed E-state index contributed by atoms with van der Waals surface area (Å²) in [7, 11) is 0. The molecule has 0 saturated carbocycles. The summed E-state index contributed by atoms with van der Waals surface area (Å²) in [6, 6.07) is 21.8. The molecule has 0 aliphatic carbocycles. The molecule has 134 valence electrons. The van der Waals surface area contributed by atoms with E-state index in [4.69, 9.17) is 10.5 Å². The van der Waals surface area contributed by atoms with Gasteiger partial charge in [-0.1, -0.05) is 47.7 Å². The summed E-state index contributed by atoms with van der Waals surface area (Å²) in [4.78, 5) is 4.09. The summed E-state index contributed by atoms with van der Waals surface area (Å²) in [5.74, 6) is 1.27. The molecule has 0 radical (unpaired) electrons. The van der Waals surface area contributed by atoms with E-state index < -0.39 is 0 Å². The zero-order valence-electron chi connectivity index (χ0n) is 14.7. The van der Waals surface area contributed by atoms with E-state index in [9.17, 15) is 0 Å². The second-order valence-electron chi connectivity index (χ2n) is 6.16. The van der Waals surface area contributed by atoms with Crippen LogP contribution < -0.4 is 10.5 Å². The topological polar surface area (TPSA) is 78.8 Å². The number of ether oxygens (including phenoxy) is 1. The molecule has 0 aliphatic rings. The molecule has 2 heterocycles. The first kappa shape index (κ1) is 16.8. The fourth-order valence-corrected chi connectivity index (χ4v) is 2.79. The van der Waals surface area contributed by atoms with Crippen LogP contribution in [0.5, 0.6) is 5.75 Å². The lowest BCUT2D eigenvalue weighted by atomic mass is 10.2. The minimum Gasteiger partial charge on any atom is -0.489 e. The van der Waals surface area contributed by atoms with Crippen LogP contribution in [0, 0.1) is 0 Å². The quantitative estimate of drug-likeness (QED) is 0.571. The van der Waals surface area contributed by atoms with Gasteiger partial charge in [-0.15, -0.1) is 5.10 Å². The van der Waals surface area contributed by atoms with Gasteiger partial charge in [-0.25, -0.2) is 9.67 Å². The van der Waals surface area contributed by atoms with Crippen molar-refractivity contribution < 1.29 is 4.74 Å². The average molecular weight is 357 g/mol. The molecule has 2 aromatic heterocycles. The van der Waals surface area contributed by atoms with Gasteiger partial charge in [0.1, 0.15) is 23.9 Å². The summed E-state index contributed by atoms with van der Waals surface area (Å²) >= 11 is 0. The van der Waals surface area contributed by atoms with Crippen LogP contribution in [-0.4, -0.2) is 20.0 Å². The number of hydrogen-bond acceptors (Lipinski definition) is 5. The van der Waals surface area contributed by atoms with Gasteiger partial charge in [-0.2, -0.15) is 0 Å². The number of nitrogens with two attached hydrogens (primary N) is 1. The third-order valence-corrected chi connectivity index (χ3v) is 4.14. The number of hydrogen-bond donors (Lipinski definition) is 1. The first-order chi connectivity index (χ1) is 13.3. The fourth-order valence-electron chi connectivity index (χ4n) is 2.79. The van der Waals surface area contributed by atoms with E-state index in [0.29, 0.717) is 24.7 Å². The van der Waals surface area contributed by atoms with Crippen LogP contribution in [0.25, 0.3) is 11.3 Å². The Morgan fingerprint density at radius 3 is 2.63 bits per heavy atom. The minimum atomic E-state index is 0.445. The van der Waals surface area contributed by atoms with E-state index in [0.717, 1.165) is 22.4 Å². The third-order valence-electron chi connectivity index (χ3n) is 4.14. The molecule has 2 N–H and O–H groups in total. The second-order valence-corrected chi connectivity index (χ2v) is 6.16. The van der Waals surface area contributed by atoms with E-state index in [1.165, 1.54) is 0 Å². The first-order valence-corrected chi connectivity index (χ1v) is 8.64. The standard InChI is InChI=1S/C21H19N5O/c22-21-19(10-5-11-23-21)20-14-26(25-24-20)13-17-8-4-9-18(12-17)27-15-16-6-2-1-3-7-16/h1-12,14H,13,15H2,(H2,22,23). The van der Waals surface area contributed by atoms with Crippen LogP contribution in [0.3, 0.4) is 0 Å². The molecule has 6 heteroatoms. The lowest BCUT2D eigenvalue weighted by Gasteiger charge is -2.08. The van der Waals surface area contributed by atoms with Gasteiger partial charge in [-0.3, -0.25) is 0 Å². The number of pyridine rings is 1. The molecule has 0 saturated heterocycles. The number of anilines is 1. The van der Waals surface area contributed by atoms with Crippen molar-refractivity contribution in [1.29, 1.82) is 0 Å². The molecular formula is C21H19N5O. The highest BCUT2D eigenvalue weighted by molar-refractivity contribution is 5.69. The van der Waals surface area contributed by atoms with Gasteiger partial charge in [0, 0.05) is 11.8 Å². The largest absolute Gasteiger partial charge is 0.489 e. The van der Waals surface area contributed by atoms with Crippen molar-refractivity contribution in [3.63, 3.8) is 0 Å². The molecule has 27 heavy (non-hydrogen) atoms. The first-order valence-electron chi connectivity index (χ1n) is 8.64. The Balaban J connectivity index is 1.45. The van der Waals surface area contributed by atoms with Gasteiger partial charge < -0.3 is 10.5 Å². The summed E-state index contributed by atoms with van der Waals surface area (Å²) in [6.45, 7) is 1.13. The van der Waals surface area contributed by atoms with Gasteiger partial charge in [-0.05, 0) is 35.4 Å². The Labute approximate surface area is 157 Å². The van der Waals surface area contributed by atoms with Crippen molar-refractivity contribution >= 4 is 5.82 Å². The van der Waals surface area contributed by atoms with E-state index in [1.54, 1.807) is 10.9 Å². The van der Waals surface area contributed by atoms with Crippen molar-refractivity contribution in [3.8, 4) is 17.0 Å². The molecule has 0 spiro atoms. The van der Waals surface area contributed by atoms with E-state index >= 15 is 0 Å². The number of aromatic nitrogens is 4. The van der Waals surface area contributed by atoms with Crippen molar-refractivity contribution in [2.45, 2.75) is 13.2 Å². The summed E-state index contributed by atoms with van der Waals surface area (Å²) < 4.78 is 7.67. The Bertz CT molecular complexity index is 1030. The number of rotatable bonds is 6. The fraction of sp³-hybridized carbons (Fsp3) is 0.0952. The van der Waals surface area contributed by atoms with Crippen LogP contribution >= 0.6 is 0 Å². The molecular weight excluding hydrogens is 338 g/mol. The highest BCUT2D eigenvalue weighted by Crippen LogP contribution is 2.21. The average Bonchev–Trinajstić information content (AvgIpc) is 3.16. The Morgan fingerprint density at radius 2 is 1.78 bits per heavy atom. The minimum absolute atomic E-state index is 0.445. The number of benzene rings is 2. The van der Waals surface area contributed by atoms with Crippen LogP contribution in [0.15, 0.2) is 79.1 Å². The van der Waals surface area contributed by atoms with Gasteiger partial charge in [0.15, 0.2) is 0 Å². The van der Waals surface area contributed by atoms with Crippen molar-refractivity contribution in [2.24, 2.45) is 0 Å². The maximum absolute atomic E-state index is 5.91. The Morgan fingerprint density at radius 1 is 0.926 bits per heavy atom. The monoisotopic (exact) mass is 357 g/mol. The van der Waals surface area contributed by atoms with Gasteiger partial charge in [0.25, 0.3) is 0 Å². The molecule has 4 rings (SSSR count). The van der Waals surface area contributed by atoms with Crippen LogP contribution in [0.2, 0.25) is 0 Å². The smallest absolute Gasteiger partial charge is 0.132 e. The second kappa shape index (κ2) is 7.70. The molecule has 6 nitrogen and oxygen atoms in total. The highest BCUT2D eigenvalue weighted by Gasteiger charge is 2.08.